The minimum absolute atomic E-state index is 0.121. The van der Waals surface area contributed by atoms with Crippen molar-refractivity contribution in [3.63, 3.8) is 0 Å². The molecular weight excluding hydrogens is 270 g/mol. The van der Waals surface area contributed by atoms with Crippen molar-refractivity contribution >= 4 is 28.6 Å². The number of hydrogen-bond acceptors (Lipinski definition) is 6. The van der Waals surface area contributed by atoms with Crippen LogP contribution in [0.5, 0.6) is 0 Å². The predicted molar refractivity (Wildman–Crippen MR) is 80.0 cm³/mol. The Hall–Kier alpha value is -2.41. The Morgan fingerprint density at radius 1 is 1.38 bits per heavy atom. The number of rotatable bonds is 2. The minimum Gasteiger partial charge on any atom is -0.381 e. The van der Waals surface area contributed by atoms with Crippen molar-refractivity contribution < 1.29 is 9.53 Å². The summed E-state index contributed by atoms with van der Waals surface area (Å²) in [5, 5.41) is 2.64. The number of nitrogens with zero attached hydrogens (tertiary/aromatic N) is 3. The topological polar surface area (TPSA) is 93.4 Å². The van der Waals surface area contributed by atoms with Crippen LogP contribution in [-0.2, 0) is 9.53 Å². The zero-order valence-corrected chi connectivity index (χ0v) is 11.7. The number of carbonyl (C=O) groups is 1. The first-order chi connectivity index (χ1) is 10.2. The summed E-state index contributed by atoms with van der Waals surface area (Å²) in [5.74, 6) is 0.735. The molecule has 1 aliphatic rings. The van der Waals surface area contributed by atoms with Crippen LogP contribution in [0.1, 0.15) is 0 Å². The summed E-state index contributed by atoms with van der Waals surface area (Å²) in [7, 11) is 1.60. The Morgan fingerprint density at radius 2 is 2.10 bits per heavy atom. The average Bonchev–Trinajstić information content (AvgIpc) is 2.53. The van der Waals surface area contributed by atoms with Gasteiger partial charge in [-0.25, -0.2) is 9.97 Å². The fraction of sp³-hybridized carbons (Fsp3) is 0.357. The van der Waals surface area contributed by atoms with Gasteiger partial charge in [0.1, 0.15) is 6.04 Å². The maximum absolute atomic E-state index is 12.0. The molecule has 1 amide bonds. The third-order valence-electron chi connectivity index (χ3n) is 3.53. The van der Waals surface area contributed by atoms with Crippen molar-refractivity contribution in [2.75, 3.05) is 37.4 Å². The molecule has 1 fully saturated rings. The van der Waals surface area contributed by atoms with Crippen LogP contribution in [0.15, 0.2) is 24.3 Å². The molecule has 1 aromatic heterocycles. The van der Waals surface area contributed by atoms with Gasteiger partial charge in [0.05, 0.1) is 24.2 Å². The average molecular weight is 287 g/mol. The highest BCUT2D eigenvalue weighted by Crippen LogP contribution is 2.25. The number of likely N-dealkylation sites (N-methyl/N-ethyl adjacent to an activating group) is 1. The number of nitrogens with two attached hydrogens (primary N) is 1. The summed E-state index contributed by atoms with van der Waals surface area (Å²) >= 11 is 0. The highest BCUT2D eigenvalue weighted by Gasteiger charge is 2.31. The summed E-state index contributed by atoms with van der Waals surface area (Å²) in [6.45, 7) is 1.39. The van der Waals surface area contributed by atoms with Gasteiger partial charge in [0.2, 0.25) is 5.91 Å². The second-order valence-corrected chi connectivity index (χ2v) is 4.82. The SMILES string of the molecule is CNC(=O)C1COCCN1c1nc2ccccc2nc1N. The number of fused-ring (bicyclic) bond motifs is 1. The number of nitrogen functional groups attached to an aromatic ring is 1. The number of hydrogen-bond donors (Lipinski definition) is 2. The molecular formula is C14H17N5O2. The van der Waals surface area contributed by atoms with E-state index in [1.165, 1.54) is 0 Å². The fourth-order valence-corrected chi connectivity index (χ4v) is 2.46. The summed E-state index contributed by atoms with van der Waals surface area (Å²) in [6.07, 6.45) is 0. The first-order valence-electron chi connectivity index (χ1n) is 6.79. The van der Waals surface area contributed by atoms with Crippen LogP contribution in [0.3, 0.4) is 0 Å². The van der Waals surface area contributed by atoms with E-state index >= 15 is 0 Å². The van der Waals surface area contributed by atoms with E-state index in [0.29, 0.717) is 31.4 Å². The molecule has 2 heterocycles. The van der Waals surface area contributed by atoms with Crippen LogP contribution in [0.4, 0.5) is 11.6 Å². The molecule has 0 spiro atoms. The molecule has 1 atom stereocenters. The molecule has 3 rings (SSSR count). The van der Waals surface area contributed by atoms with Crippen LogP contribution in [-0.4, -0.2) is 48.7 Å². The molecule has 3 N–H and O–H groups in total. The van der Waals surface area contributed by atoms with Gasteiger partial charge in [-0.1, -0.05) is 12.1 Å². The Labute approximate surface area is 122 Å². The highest BCUT2D eigenvalue weighted by molar-refractivity contribution is 5.87. The molecule has 1 saturated heterocycles. The van der Waals surface area contributed by atoms with Crippen molar-refractivity contribution in [1.82, 2.24) is 15.3 Å². The summed E-state index contributed by atoms with van der Waals surface area (Å²) < 4.78 is 5.39. The largest absolute Gasteiger partial charge is 0.381 e. The standard InChI is InChI=1S/C14H17N5O2/c1-16-14(20)11-8-21-7-6-19(11)13-12(15)17-9-4-2-3-5-10(9)18-13/h2-5,11H,6-8H2,1H3,(H2,15,17)(H,16,20). The molecule has 0 bridgehead atoms. The van der Waals surface area contributed by atoms with E-state index in [1.54, 1.807) is 7.05 Å². The molecule has 1 aromatic carbocycles. The molecule has 0 aliphatic carbocycles. The number of carbonyl (C=O) groups excluding carboxylic acids is 1. The van der Waals surface area contributed by atoms with Crippen LogP contribution in [0, 0.1) is 0 Å². The number of nitrogens with one attached hydrogen (secondary N) is 1. The van der Waals surface area contributed by atoms with Crippen LogP contribution < -0.4 is 16.0 Å². The van der Waals surface area contributed by atoms with Crippen molar-refractivity contribution in [1.29, 1.82) is 0 Å². The van der Waals surface area contributed by atoms with Gasteiger partial charge in [-0.2, -0.15) is 0 Å². The summed E-state index contributed by atoms with van der Waals surface area (Å²) in [5.41, 5.74) is 7.53. The summed E-state index contributed by atoms with van der Waals surface area (Å²) in [4.78, 5) is 22.8. The van der Waals surface area contributed by atoms with Gasteiger partial charge in [-0.15, -0.1) is 0 Å². The Kier molecular flexibility index (Phi) is 3.57. The van der Waals surface area contributed by atoms with Crippen LogP contribution in [0.2, 0.25) is 0 Å². The van der Waals surface area contributed by atoms with Crippen LogP contribution in [0.25, 0.3) is 11.0 Å². The van der Waals surface area contributed by atoms with Gasteiger partial charge in [-0.3, -0.25) is 4.79 Å². The first-order valence-corrected chi connectivity index (χ1v) is 6.79. The van der Waals surface area contributed by atoms with Gasteiger partial charge in [-0.05, 0) is 12.1 Å². The zero-order chi connectivity index (χ0) is 14.8. The molecule has 21 heavy (non-hydrogen) atoms. The normalized spacial score (nSPS) is 18.7. The third-order valence-corrected chi connectivity index (χ3v) is 3.53. The minimum atomic E-state index is -0.443. The van der Waals surface area contributed by atoms with Gasteiger partial charge in [0.15, 0.2) is 11.6 Å². The smallest absolute Gasteiger partial charge is 0.244 e. The lowest BCUT2D eigenvalue weighted by Gasteiger charge is -2.35. The fourth-order valence-electron chi connectivity index (χ4n) is 2.46. The molecule has 1 aliphatic heterocycles. The quantitative estimate of drug-likeness (QED) is 0.817. The van der Waals surface area contributed by atoms with E-state index < -0.39 is 6.04 Å². The van der Waals surface area contributed by atoms with E-state index in [0.717, 1.165) is 11.0 Å². The van der Waals surface area contributed by atoms with Crippen molar-refractivity contribution in [2.24, 2.45) is 0 Å². The Balaban J connectivity index is 2.04. The van der Waals surface area contributed by atoms with Crippen molar-refractivity contribution in [2.45, 2.75) is 6.04 Å². The molecule has 7 nitrogen and oxygen atoms in total. The molecule has 0 radical (unpaired) electrons. The molecule has 1 unspecified atom stereocenters. The van der Waals surface area contributed by atoms with E-state index in [1.807, 2.05) is 29.2 Å². The number of amides is 1. The lowest BCUT2D eigenvalue weighted by molar-refractivity contribution is -0.124. The predicted octanol–water partition coefficient (Wildman–Crippen LogP) is 0.163. The van der Waals surface area contributed by atoms with Gasteiger partial charge < -0.3 is 20.7 Å². The number of morpholine rings is 1. The van der Waals surface area contributed by atoms with Crippen molar-refractivity contribution in [3.05, 3.63) is 24.3 Å². The number of aromatic nitrogens is 2. The van der Waals surface area contributed by atoms with Crippen molar-refractivity contribution in [3.8, 4) is 0 Å². The number of para-hydroxylation sites is 2. The Morgan fingerprint density at radius 3 is 2.81 bits per heavy atom. The Bertz CT molecular complexity index is 675. The van der Waals surface area contributed by atoms with Gasteiger partial charge >= 0.3 is 0 Å². The third kappa shape index (κ3) is 2.47. The molecule has 110 valence electrons. The van der Waals surface area contributed by atoms with E-state index in [4.69, 9.17) is 10.5 Å². The number of benzene rings is 1. The maximum atomic E-state index is 12.0. The second-order valence-electron chi connectivity index (χ2n) is 4.82. The molecule has 7 heteroatoms. The molecule has 0 saturated carbocycles. The second kappa shape index (κ2) is 5.53. The number of anilines is 2. The highest BCUT2D eigenvalue weighted by atomic mass is 16.5. The first kappa shape index (κ1) is 13.6. The molecule has 2 aromatic rings. The van der Waals surface area contributed by atoms with Crippen LogP contribution >= 0.6 is 0 Å². The van der Waals surface area contributed by atoms with E-state index in [9.17, 15) is 4.79 Å². The lowest BCUT2D eigenvalue weighted by atomic mass is 10.2. The van der Waals surface area contributed by atoms with E-state index in [2.05, 4.69) is 15.3 Å². The van der Waals surface area contributed by atoms with Gasteiger partial charge in [0.25, 0.3) is 0 Å². The zero-order valence-electron chi connectivity index (χ0n) is 11.7. The van der Waals surface area contributed by atoms with Gasteiger partial charge in [0, 0.05) is 13.6 Å². The van der Waals surface area contributed by atoms with E-state index in [-0.39, 0.29) is 5.91 Å². The number of ether oxygens (including phenoxy) is 1. The monoisotopic (exact) mass is 287 g/mol. The lowest BCUT2D eigenvalue weighted by Crippen LogP contribution is -2.54. The maximum Gasteiger partial charge on any atom is 0.244 e. The summed E-state index contributed by atoms with van der Waals surface area (Å²) in [6, 6.07) is 7.07.